The van der Waals surface area contributed by atoms with E-state index in [0.29, 0.717) is 12.1 Å². The summed E-state index contributed by atoms with van der Waals surface area (Å²) in [4.78, 5) is 6.47. The van der Waals surface area contributed by atoms with Crippen LogP contribution in [0.3, 0.4) is 0 Å². The van der Waals surface area contributed by atoms with Crippen LogP contribution in [0.25, 0.3) is 0 Å². The topological polar surface area (TPSA) is 47.1 Å². The fraction of sp³-hybridized carbons (Fsp3) is 0.357. The number of rotatable bonds is 2. The van der Waals surface area contributed by atoms with Gasteiger partial charge in [-0.15, -0.1) is 0 Å². The van der Waals surface area contributed by atoms with Crippen molar-refractivity contribution < 1.29 is 4.39 Å². The predicted octanol–water partition coefficient (Wildman–Crippen LogP) is 2.06. The summed E-state index contributed by atoms with van der Waals surface area (Å²) >= 11 is 0. The normalized spacial score (nSPS) is 16.3. The predicted molar refractivity (Wildman–Crippen MR) is 72.3 cm³/mol. The Bertz CT molecular complexity index is 591. The summed E-state index contributed by atoms with van der Waals surface area (Å²) in [6.07, 6.45) is 3.78. The summed E-state index contributed by atoms with van der Waals surface area (Å²) in [5.41, 5.74) is 7.37. The van der Waals surface area contributed by atoms with Crippen LogP contribution in [0.4, 0.5) is 10.1 Å². The molecule has 0 saturated carbocycles. The molecule has 2 aromatic rings. The molecule has 0 amide bonds. The molecule has 1 aliphatic heterocycles. The first-order valence-corrected chi connectivity index (χ1v) is 6.46. The Balaban J connectivity index is 1.98. The van der Waals surface area contributed by atoms with Gasteiger partial charge in [-0.3, -0.25) is 0 Å². The monoisotopic (exact) mass is 260 g/mol. The third-order valence-corrected chi connectivity index (χ3v) is 3.57. The average Bonchev–Trinajstić information content (AvgIpc) is 2.85. The smallest absolute Gasteiger partial charge is 0.130 e. The second kappa shape index (κ2) is 4.66. The molecule has 1 aromatic heterocycles. The van der Waals surface area contributed by atoms with Gasteiger partial charge in [0.1, 0.15) is 11.6 Å². The van der Waals surface area contributed by atoms with Crippen LogP contribution in [0.1, 0.15) is 24.4 Å². The van der Waals surface area contributed by atoms with Crippen molar-refractivity contribution in [3.05, 3.63) is 47.8 Å². The van der Waals surface area contributed by atoms with Gasteiger partial charge in [0.2, 0.25) is 0 Å². The van der Waals surface area contributed by atoms with Gasteiger partial charge in [-0.05, 0) is 19.1 Å². The lowest BCUT2D eigenvalue weighted by Crippen LogP contribution is -2.34. The fourth-order valence-corrected chi connectivity index (χ4v) is 2.63. The van der Waals surface area contributed by atoms with Gasteiger partial charge < -0.3 is 15.2 Å². The quantitative estimate of drug-likeness (QED) is 0.899. The van der Waals surface area contributed by atoms with Crippen molar-refractivity contribution in [1.29, 1.82) is 0 Å². The lowest BCUT2D eigenvalue weighted by molar-refractivity contribution is 0.549. The third-order valence-electron chi connectivity index (χ3n) is 3.57. The highest BCUT2D eigenvalue weighted by Crippen LogP contribution is 2.30. The molecular weight excluding hydrogens is 243 g/mol. The molecule has 2 heterocycles. The molecule has 3 rings (SSSR count). The number of aromatic nitrogens is 2. The van der Waals surface area contributed by atoms with E-state index in [-0.39, 0.29) is 11.9 Å². The van der Waals surface area contributed by atoms with E-state index in [1.54, 1.807) is 12.3 Å². The second-order valence-electron chi connectivity index (χ2n) is 4.92. The van der Waals surface area contributed by atoms with Crippen molar-refractivity contribution in [2.24, 2.45) is 5.73 Å². The van der Waals surface area contributed by atoms with Gasteiger partial charge in [-0.25, -0.2) is 9.37 Å². The van der Waals surface area contributed by atoms with E-state index in [0.717, 1.165) is 24.6 Å². The van der Waals surface area contributed by atoms with Crippen LogP contribution >= 0.6 is 0 Å². The number of halogens is 1. The van der Waals surface area contributed by atoms with E-state index in [1.165, 1.54) is 6.07 Å². The summed E-state index contributed by atoms with van der Waals surface area (Å²) < 4.78 is 16.1. The van der Waals surface area contributed by atoms with E-state index in [1.807, 2.05) is 19.2 Å². The molecule has 0 bridgehead atoms. The zero-order valence-electron chi connectivity index (χ0n) is 10.9. The van der Waals surface area contributed by atoms with Crippen LogP contribution in [0.2, 0.25) is 0 Å². The highest BCUT2D eigenvalue weighted by Gasteiger charge is 2.22. The van der Waals surface area contributed by atoms with Crippen LogP contribution in [0.15, 0.2) is 30.6 Å². The number of hydrogen-bond acceptors (Lipinski definition) is 3. The minimum absolute atomic E-state index is 0.235. The van der Waals surface area contributed by atoms with Crippen LogP contribution in [-0.4, -0.2) is 16.1 Å². The Morgan fingerprint density at radius 2 is 2.21 bits per heavy atom. The first-order valence-electron chi connectivity index (χ1n) is 6.46. The molecule has 0 aliphatic carbocycles. The van der Waals surface area contributed by atoms with Crippen LogP contribution in [-0.2, 0) is 13.1 Å². The highest BCUT2D eigenvalue weighted by molar-refractivity contribution is 5.55. The van der Waals surface area contributed by atoms with Crippen molar-refractivity contribution in [3.8, 4) is 0 Å². The maximum atomic E-state index is 14.0. The Hall–Kier alpha value is -1.88. The Labute approximate surface area is 111 Å². The van der Waals surface area contributed by atoms with Crippen LogP contribution < -0.4 is 10.6 Å². The van der Waals surface area contributed by atoms with Crippen molar-refractivity contribution in [2.75, 3.05) is 11.4 Å². The standard InChI is InChI=1S/C14H17FN4/c1-10(16)14-11(15)3-2-4-12(14)19-8-7-18-6-5-17-13(18)9-19/h2-6,10H,7-9,16H2,1H3/t10-/m1/s1. The number of fused-ring (bicyclic) bond motifs is 1. The molecule has 2 N–H and O–H groups in total. The second-order valence-corrected chi connectivity index (χ2v) is 4.92. The average molecular weight is 260 g/mol. The number of benzene rings is 1. The third kappa shape index (κ3) is 2.10. The van der Waals surface area contributed by atoms with Gasteiger partial charge in [-0.2, -0.15) is 0 Å². The SMILES string of the molecule is C[C@@H](N)c1c(F)cccc1N1CCn2ccnc2C1. The largest absolute Gasteiger partial charge is 0.362 e. The van der Waals surface area contributed by atoms with Crippen LogP contribution in [0, 0.1) is 5.82 Å². The van der Waals surface area contributed by atoms with Crippen molar-refractivity contribution in [2.45, 2.75) is 26.1 Å². The van der Waals surface area contributed by atoms with Crippen molar-refractivity contribution >= 4 is 5.69 Å². The molecule has 0 spiro atoms. The first kappa shape index (κ1) is 12.2. The number of imidazole rings is 1. The molecule has 100 valence electrons. The van der Waals surface area contributed by atoms with Gasteiger partial charge >= 0.3 is 0 Å². The lowest BCUT2D eigenvalue weighted by atomic mass is 10.0. The summed E-state index contributed by atoms with van der Waals surface area (Å²) in [6, 6.07) is 4.81. The summed E-state index contributed by atoms with van der Waals surface area (Å²) in [5, 5.41) is 0. The van der Waals surface area contributed by atoms with Gasteiger partial charge in [0, 0.05) is 42.8 Å². The molecule has 0 unspecified atom stereocenters. The lowest BCUT2D eigenvalue weighted by Gasteiger charge is -2.32. The van der Waals surface area contributed by atoms with E-state index in [2.05, 4.69) is 14.5 Å². The summed E-state index contributed by atoms with van der Waals surface area (Å²) in [6.45, 7) is 4.21. The summed E-state index contributed by atoms with van der Waals surface area (Å²) in [5.74, 6) is 0.771. The number of nitrogens with zero attached hydrogens (tertiary/aromatic N) is 3. The van der Waals surface area contributed by atoms with Crippen LogP contribution in [0.5, 0.6) is 0 Å². The number of hydrogen-bond donors (Lipinski definition) is 1. The molecule has 0 saturated heterocycles. The zero-order chi connectivity index (χ0) is 13.4. The van der Waals surface area contributed by atoms with E-state index in [9.17, 15) is 4.39 Å². The number of anilines is 1. The molecule has 0 radical (unpaired) electrons. The highest BCUT2D eigenvalue weighted by atomic mass is 19.1. The maximum absolute atomic E-state index is 14.0. The molecular formula is C14H17FN4. The maximum Gasteiger partial charge on any atom is 0.130 e. The zero-order valence-corrected chi connectivity index (χ0v) is 10.9. The minimum Gasteiger partial charge on any atom is -0.362 e. The summed E-state index contributed by atoms with van der Waals surface area (Å²) in [7, 11) is 0. The molecule has 4 nitrogen and oxygen atoms in total. The fourth-order valence-electron chi connectivity index (χ4n) is 2.63. The molecule has 19 heavy (non-hydrogen) atoms. The van der Waals surface area contributed by atoms with Crippen molar-refractivity contribution in [1.82, 2.24) is 9.55 Å². The van der Waals surface area contributed by atoms with Gasteiger partial charge in [-0.1, -0.05) is 6.07 Å². The van der Waals surface area contributed by atoms with Crippen molar-refractivity contribution in [3.63, 3.8) is 0 Å². The van der Waals surface area contributed by atoms with E-state index in [4.69, 9.17) is 5.73 Å². The van der Waals surface area contributed by atoms with E-state index < -0.39 is 0 Å². The van der Waals surface area contributed by atoms with Gasteiger partial charge in [0.25, 0.3) is 0 Å². The molecule has 1 aliphatic rings. The molecule has 5 heteroatoms. The molecule has 1 atom stereocenters. The Morgan fingerprint density at radius 3 is 3.00 bits per heavy atom. The Morgan fingerprint density at radius 1 is 1.37 bits per heavy atom. The van der Waals surface area contributed by atoms with Gasteiger partial charge in [0.15, 0.2) is 0 Å². The first-order chi connectivity index (χ1) is 9.16. The van der Waals surface area contributed by atoms with Gasteiger partial charge in [0.05, 0.1) is 6.54 Å². The molecule has 1 aromatic carbocycles. The minimum atomic E-state index is -0.321. The molecule has 0 fully saturated rings. The van der Waals surface area contributed by atoms with E-state index >= 15 is 0 Å². The number of nitrogens with two attached hydrogens (primary N) is 1. The Kier molecular flexibility index (Phi) is 2.98.